The number of nitrogens with zero attached hydrogens (tertiary/aromatic N) is 1. The van der Waals surface area contributed by atoms with E-state index >= 15 is 0 Å². The Balaban J connectivity index is 1.89. The van der Waals surface area contributed by atoms with Gasteiger partial charge in [0.25, 0.3) is 0 Å². The van der Waals surface area contributed by atoms with Gasteiger partial charge >= 0.3 is 18.1 Å². The number of carbonyl (C=O) groups is 4. The summed E-state index contributed by atoms with van der Waals surface area (Å²) in [6.07, 6.45) is 1.27. The average Bonchev–Trinajstić information content (AvgIpc) is 2.80. The van der Waals surface area contributed by atoms with Crippen LogP contribution in [0.4, 0.5) is 13.2 Å². The topological polar surface area (TPSA) is 117 Å². The zero-order valence-electron chi connectivity index (χ0n) is 18.6. The summed E-state index contributed by atoms with van der Waals surface area (Å²) in [5.74, 6) is -4.32. The van der Waals surface area contributed by atoms with Gasteiger partial charge < -0.3 is 25.6 Å². The third-order valence-electron chi connectivity index (χ3n) is 5.61. The normalized spacial score (nSPS) is 20.8. The predicted molar refractivity (Wildman–Crippen MR) is 112 cm³/mol. The number of esters is 1. The van der Waals surface area contributed by atoms with Crippen molar-refractivity contribution < 1.29 is 37.1 Å². The number of alkyl halides is 3. The standard InChI is InChI=1S/C21H31F3N4O5/c1-2-33-19(31)16(27-20(32)21(22,23)24)12-26-18(30)15-4-3-11-28(13-15)17(29)6-5-14-7-9-25-10-8-14/h5-6,14-16,25H,2-4,7-13H2,1H3,(H,26,30)(H,27,32)/b6-5+/t15-,16+/m1/s1. The molecule has 9 nitrogen and oxygen atoms in total. The molecule has 186 valence electrons. The molecule has 0 aromatic carbocycles. The van der Waals surface area contributed by atoms with Gasteiger partial charge in [-0.15, -0.1) is 0 Å². The fraction of sp³-hybridized carbons (Fsp3) is 0.714. The number of likely N-dealkylation sites (tertiary alicyclic amines) is 1. The molecule has 0 aromatic rings. The van der Waals surface area contributed by atoms with Crippen molar-refractivity contribution in [3.8, 4) is 0 Å². The molecular weight excluding hydrogens is 445 g/mol. The van der Waals surface area contributed by atoms with Gasteiger partial charge in [-0.05, 0) is 57.7 Å². The summed E-state index contributed by atoms with van der Waals surface area (Å²) in [6.45, 7) is 3.30. The molecule has 0 unspecified atom stereocenters. The van der Waals surface area contributed by atoms with Gasteiger partial charge in [0, 0.05) is 19.6 Å². The zero-order valence-corrected chi connectivity index (χ0v) is 18.6. The van der Waals surface area contributed by atoms with Crippen molar-refractivity contribution in [1.29, 1.82) is 0 Å². The molecule has 0 bridgehead atoms. The molecule has 2 aliphatic heterocycles. The third-order valence-corrected chi connectivity index (χ3v) is 5.61. The highest BCUT2D eigenvalue weighted by atomic mass is 19.4. The molecule has 3 N–H and O–H groups in total. The van der Waals surface area contributed by atoms with Gasteiger partial charge in [-0.25, -0.2) is 4.79 Å². The Bertz CT molecular complexity index is 738. The first kappa shape index (κ1) is 26.6. The van der Waals surface area contributed by atoms with E-state index < -0.39 is 42.5 Å². The number of piperidine rings is 2. The van der Waals surface area contributed by atoms with Crippen LogP contribution < -0.4 is 16.0 Å². The van der Waals surface area contributed by atoms with Crippen molar-refractivity contribution in [3.63, 3.8) is 0 Å². The molecular formula is C21H31F3N4O5. The number of ether oxygens (including phenoxy) is 1. The summed E-state index contributed by atoms with van der Waals surface area (Å²) in [5.41, 5.74) is 0. The maximum Gasteiger partial charge on any atom is 0.471 e. The molecule has 2 rings (SSSR count). The zero-order chi connectivity index (χ0) is 24.4. The fourth-order valence-corrected chi connectivity index (χ4v) is 3.78. The summed E-state index contributed by atoms with van der Waals surface area (Å²) >= 11 is 0. The molecule has 33 heavy (non-hydrogen) atoms. The maximum absolute atomic E-state index is 12.6. The Labute approximate surface area is 190 Å². The minimum absolute atomic E-state index is 0.101. The van der Waals surface area contributed by atoms with Crippen LogP contribution in [0, 0.1) is 11.8 Å². The highest BCUT2D eigenvalue weighted by Gasteiger charge is 2.41. The third kappa shape index (κ3) is 8.67. The van der Waals surface area contributed by atoms with Crippen LogP contribution in [-0.4, -0.2) is 80.1 Å². The number of allylic oxidation sites excluding steroid dienone is 1. The molecule has 3 amide bonds. The summed E-state index contributed by atoms with van der Waals surface area (Å²) in [7, 11) is 0. The average molecular weight is 476 g/mol. The molecule has 0 saturated carbocycles. The molecule has 2 aliphatic rings. The van der Waals surface area contributed by atoms with Gasteiger partial charge in [-0.2, -0.15) is 13.2 Å². The summed E-state index contributed by atoms with van der Waals surface area (Å²) in [5, 5.41) is 7.20. The molecule has 2 heterocycles. The molecule has 2 fully saturated rings. The van der Waals surface area contributed by atoms with Gasteiger partial charge in [0.05, 0.1) is 12.5 Å². The van der Waals surface area contributed by atoms with Crippen molar-refractivity contribution in [2.75, 3.05) is 39.3 Å². The van der Waals surface area contributed by atoms with Gasteiger partial charge in [0.2, 0.25) is 11.8 Å². The second-order valence-electron chi connectivity index (χ2n) is 8.09. The van der Waals surface area contributed by atoms with E-state index in [9.17, 15) is 32.3 Å². The van der Waals surface area contributed by atoms with Crippen LogP contribution in [0.2, 0.25) is 0 Å². The first-order chi connectivity index (χ1) is 15.6. The van der Waals surface area contributed by atoms with Crippen LogP contribution in [0.25, 0.3) is 0 Å². The second-order valence-corrected chi connectivity index (χ2v) is 8.09. The van der Waals surface area contributed by atoms with E-state index in [0.29, 0.717) is 25.3 Å². The Morgan fingerprint density at radius 1 is 1.18 bits per heavy atom. The van der Waals surface area contributed by atoms with E-state index in [1.54, 1.807) is 16.3 Å². The number of hydrogen-bond donors (Lipinski definition) is 3. The number of halogens is 3. The maximum atomic E-state index is 12.6. The van der Waals surface area contributed by atoms with Gasteiger partial charge in [-0.3, -0.25) is 14.4 Å². The van der Waals surface area contributed by atoms with Crippen LogP contribution >= 0.6 is 0 Å². The largest absolute Gasteiger partial charge is 0.471 e. The molecule has 0 aromatic heterocycles. The van der Waals surface area contributed by atoms with Gasteiger partial charge in [0.15, 0.2) is 0 Å². The lowest BCUT2D eigenvalue weighted by atomic mass is 9.96. The van der Waals surface area contributed by atoms with E-state index in [-0.39, 0.29) is 19.1 Å². The highest BCUT2D eigenvalue weighted by Crippen LogP contribution is 2.19. The van der Waals surface area contributed by atoms with E-state index in [2.05, 4.69) is 15.4 Å². The Morgan fingerprint density at radius 3 is 2.52 bits per heavy atom. The molecule has 12 heteroatoms. The fourth-order valence-electron chi connectivity index (χ4n) is 3.78. The summed E-state index contributed by atoms with van der Waals surface area (Å²) in [4.78, 5) is 49.8. The van der Waals surface area contributed by atoms with Crippen LogP contribution in [0.5, 0.6) is 0 Å². The summed E-state index contributed by atoms with van der Waals surface area (Å²) < 4.78 is 42.3. The van der Waals surface area contributed by atoms with Crippen molar-refractivity contribution in [2.45, 2.75) is 44.8 Å². The SMILES string of the molecule is CCOC(=O)[C@H](CNC(=O)[C@@H]1CCCN(C(=O)/C=C/C2CCNCC2)C1)NC(=O)C(F)(F)F. The second kappa shape index (κ2) is 12.6. The minimum Gasteiger partial charge on any atom is -0.464 e. The van der Waals surface area contributed by atoms with E-state index in [1.807, 2.05) is 6.08 Å². The Morgan fingerprint density at radius 2 is 1.88 bits per heavy atom. The van der Waals surface area contributed by atoms with E-state index in [1.165, 1.54) is 6.92 Å². The number of amides is 3. The van der Waals surface area contributed by atoms with Crippen LogP contribution in [0.15, 0.2) is 12.2 Å². The first-order valence-corrected chi connectivity index (χ1v) is 11.1. The lowest BCUT2D eigenvalue weighted by molar-refractivity contribution is -0.175. The molecule has 2 saturated heterocycles. The molecule has 0 radical (unpaired) electrons. The van der Waals surface area contributed by atoms with Crippen LogP contribution in [0.3, 0.4) is 0 Å². The molecule has 0 aliphatic carbocycles. The summed E-state index contributed by atoms with van der Waals surface area (Å²) in [6, 6.07) is -1.68. The van der Waals surface area contributed by atoms with E-state index in [0.717, 1.165) is 25.9 Å². The van der Waals surface area contributed by atoms with Crippen LogP contribution in [-0.2, 0) is 23.9 Å². The molecule has 2 atom stereocenters. The number of carbonyl (C=O) groups excluding carboxylic acids is 4. The van der Waals surface area contributed by atoms with Crippen molar-refractivity contribution >= 4 is 23.7 Å². The highest BCUT2D eigenvalue weighted by molar-refractivity contribution is 5.89. The Hall–Kier alpha value is -2.63. The van der Waals surface area contributed by atoms with Crippen molar-refractivity contribution in [3.05, 3.63) is 12.2 Å². The van der Waals surface area contributed by atoms with Gasteiger partial charge in [-0.1, -0.05) is 6.08 Å². The first-order valence-electron chi connectivity index (χ1n) is 11.1. The Kier molecular flexibility index (Phi) is 10.1. The van der Waals surface area contributed by atoms with Crippen molar-refractivity contribution in [1.82, 2.24) is 20.9 Å². The smallest absolute Gasteiger partial charge is 0.464 e. The van der Waals surface area contributed by atoms with Crippen molar-refractivity contribution in [2.24, 2.45) is 11.8 Å². The predicted octanol–water partition coefficient (Wildman–Crippen LogP) is 0.507. The minimum atomic E-state index is -5.18. The number of hydrogen-bond acceptors (Lipinski definition) is 6. The monoisotopic (exact) mass is 476 g/mol. The van der Waals surface area contributed by atoms with E-state index in [4.69, 9.17) is 0 Å². The van der Waals surface area contributed by atoms with Gasteiger partial charge in [0.1, 0.15) is 6.04 Å². The number of nitrogens with one attached hydrogen (secondary N) is 3. The lowest BCUT2D eigenvalue weighted by Gasteiger charge is -2.32. The lowest BCUT2D eigenvalue weighted by Crippen LogP contribution is -2.54. The number of rotatable bonds is 8. The quantitative estimate of drug-likeness (QED) is 0.347. The van der Waals surface area contributed by atoms with Crippen LogP contribution in [0.1, 0.15) is 32.6 Å². The molecule has 0 spiro atoms.